The highest BCUT2D eigenvalue weighted by atomic mass is 32.1. The molecular weight excluding hydrogens is 220 g/mol. The molecule has 1 amide bonds. The van der Waals surface area contributed by atoms with E-state index in [1.807, 2.05) is 22.4 Å². The highest BCUT2D eigenvalue weighted by Gasteiger charge is 2.34. The molecule has 0 saturated heterocycles. The number of thiophene rings is 1. The highest BCUT2D eigenvalue weighted by Crippen LogP contribution is 2.29. The smallest absolute Gasteiger partial charge is 0.240 e. The fraction of sp³-hybridized carbons (Fsp3) is 0.500. The van der Waals surface area contributed by atoms with Crippen molar-refractivity contribution >= 4 is 17.2 Å². The number of carbonyl (C=O) groups is 1. The Morgan fingerprint density at radius 2 is 2.50 bits per heavy atom. The molecule has 0 aliphatic heterocycles. The Labute approximate surface area is 99.3 Å². The van der Waals surface area contributed by atoms with Crippen LogP contribution in [0.4, 0.5) is 0 Å². The highest BCUT2D eigenvalue weighted by molar-refractivity contribution is 7.07. The molecule has 4 heteroatoms. The van der Waals surface area contributed by atoms with Crippen LogP contribution in [0, 0.1) is 17.2 Å². The van der Waals surface area contributed by atoms with Crippen LogP contribution in [0.1, 0.15) is 25.3 Å². The molecule has 0 bridgehead atoms. The van der Waals surface area contributed by atoms with Gasteiger partial charge in [0.25, 0.3) is 0 Å². The van der Waals surface area contributed by atoms with Gasteiger partial charge < -0.3 is 4.90 Å². The first-order chi connectivity index (χ1) is 7.72. The maximum atomic E-state index is 12.0. The van der Waals surface area contributed by atoms with Crippen molar-refractivity contribution in [3.05, 3.63) is 22.4 Å². The zero-order valence-electron chi connectivity index (χ0n) is 9.22. The summed E-state index contributed by atoms with van der Waals surface area (Å²) in [7, 11) is 0. The van der Waals surface area contributed by atoms with Crippen molar-refractivity contribution in [2.45, 2.75) is 32.4 Å². The lowest BCUT2D eigenvalue weighted by molar-refractivity contribution is -0.134. The van der Waals surface area contributed by atoms with Gasteiger partial charge in [-0.2, -0.15) is 16.6 Å². The number of nitrogens with zero attached hydrogens (tertiary/aromatic N) is 2. The second-order valence-corrected chi connectivity index (χ2v) is 4.96. The summed E-state index contributed by atoms with van der Waals surface area (Å²) in [5, 5.41) is 12.9. The molecule has 1 aromatic heterocycles. The molecule has 1 aliphatic carbocycles. The van der Waals surface area contributed by atoms with Crippen LogP contribution in [0.5, 0.6) is 0 Å². The van der Waals surface area contributed by atoms with Crippen molar-refractivity contribution in [1.82, 2.24) is 4.90 Å². The minimum Gasteiger partial charge on any atom is -0.334 e. The summed E-state index contributed by atoms with van der Waals surface area (Å²) in [5.74, 6) is -0.560. The zero-order valence-corrected chi connectivity index (χ0v) is 10.0. The number of rotatable bonds is 4. The Kier molecular flexibility index (Phi) is 3.25. The molecule has 1 aromatic rings. The molecule has 1 heterocycles. The minimum atomic E-state index is -0.528. The van der Waals surface area contributed by atoms with Gasteiger partial charge in [-0.25, -0.2) is 0 Å². The van der Waals surface area contributed by atoms with E-state index >= 15 is 0 Å². The van der Waals surface area contributed by atoms with Gasteiger partial charge in [-0.15, -0.1) is 0 Å². The summed E-state index contributed by atoms with van der Waals surface area (Å²) in [6, 6.07) is 4.42. The molecular formula is C12H14N2OS. The molecule has 1 unspecified atom stereocenters. The van der Waals surface area contributed by atoms with Crippen LogP contribution >= 0.6 is 11.3 Å². The lowest BCUT2D eigenvalue weighted by Crippen LogP contribution is -2.35. The maximum absolute atomic E-state index is 12.0. The second-order valence-electron chi connectivity index (χ2n) is 4.18. The third-order valence-electron chi connectivity index (χ3n) is 2.77. The average molecular weight is 234 g/mol. The van der Waals surface area contributed by atoms with Crippen molar-refractivity contribution in [3.8, 4) is 6.07 Å². The lowest BCUT2D eigenvalue weighted by Gasteiger charge is -2.23. The maximum Gasteiger partial charge on any atom is 0.240 e. The predicted molar refractivity (Wildman–Crippen MR) is 62.7 cm³/mol. The third-order valence-corrected chi connectivity index (χ3v) is 3.50. The van der Waals surface area contributed by atoms with Gasteiger partial charge in [-0.1, -0.05) is 0 Å². The Bertz CT molecular complexity index is 403. The van der Waals surface area contributed by atoms with Crippen LogP contribution in [0.25, 0.3) is 0 Å². The van der Waals surface area contributed by atoms with Gasteiger partial charge in [0.15, 0.2) is 0 Å². The molecule has 84 valence electrons. The number of hydrogen-bond acceptors (Lipinski definition) is 3. The van der Waals surface area contributed by atoms with E-state index in [0.717, 1.165) is 18.4 Å². The molecule has 0 N–H and O–H groups in total. The van der Waals surface area contributed by atoms with Crippen molar-refractivity contribution in [2.75, 3.05) is 0 Å². The van der Waals surface area contributed by atoms with Crippen molar-refractivity contribution in [2.24, 2.45) is 5.92 Å². The Morgan fingerprint density at radius 3 is 3.00 bits per heavy atom. The summed E-state index contributed by atoms with van der Waals surface area (Å²) in [6.45, 7) is 2.32. The van der Waals surface area contributed by atoms with Gasteiger partial charge in [0.1, 0.15) is 5.92 Å². The van der Waals surface area contributed by atoms with Gasteiger partial charge in [0, 0.05) is 12.6 Å². The van der Waals surface area contributed by atoms with Crippen molar-refractivity contribution in [3.63, 3.8) is 0 Å². The summed E-state index contributed by atoms with van der Waals surface area (Å²) in [6.07, 6.45) is 2.15. The van der Waals surface area contributed by atoms with Crippen molar-refractivity contribution < 1.29 is 4.79 Å². The van der Waals surface area contributed by atoms with Crippen LogP contribution in [0.15, 0.2) is 16.8 Å². The Morgan fingerprint density at radius 1 is 1.75 bits per heavy atom. The van der Waals surface area contributed by atoms with Gasteiger partial charge in [-0.05, 0) is 42.2 Å². The molecule has 1 saturated carbocycles. The molecule has 1 atom stereocenters. The molecule has 2 rings (SSSR count). The topological polar surface area (TPSA) is 44.1 Å². The molecule has 0 radical (unpaired) electrons. The molecule has 16 heavy (non-hydrogen) atoms. The SMILES string of the molecule is CC(C#N)C(=O)N(Cc1ccsc1)C1CC1. The van der Waals surface area contributed by atoms with E-state index in [-0.39, 0.29) is 5.91 Å². The van der Waals surface area contributed by atoms with E-state index in [4.69, 9.17) is 5.26 Å². The van der Waals surface area contributed by atoms with Gasteiger partial charge in [-0.3, -0.25) is 4.79 Å². The molecule has 1 aliphatic rings. The normalized spacial score (nSPS) is 16.5. The Hall–Kier alpha value is -1.34. The minimum absolute atomic E-state index is 0.0313. The summed E-state index contributed by atoms with van der Waals surface area (Å²) < 4.78 is 0. The largest absolute Gasteiger partial charge is 0.334 e. The average Bonchev–Trinajstić information content (AvgIpc) is 3.01. The fourth-order valence-electron chi connectivity index (χ4n) is 1.66. The van der Waals surface area contributed by atoms with E-state index in [0.29, 0.717) is 12.6 Å². The molecule has 3 nitrogen and oxygen atoms in total. The molecule has 1 fully saturated rings. The predicted octanol–water partition coefficient (Wildman–Crippen LogP) is 2.40. The van der Waals surface area contributed by atoms with Crippen LogP contribution in [0.2, 0.25) is 0 Å². The van der Waals surface area contributed by atoms with Gasteiger partial charge >= 0.3 is 0 Å². The van der Waals surface area contributed by atoms with E-state index in [9.17, 15) is 4.79 Å². The van der Waals surface area contributed by atoms with Crippen molar-refractivity contribution in [1.29, 1.82) is 5.26 Å². The first-order valence-electron chi connectivity index (χ1n) is 5.43. The van der Waals surface area contributed by atoms with Crippen LogP contribution < -0.4 is 0 Å². The zero-order chi connectivity index (χ0) is 11.5. The second kappa shape index (κ2) is 4.67. The van der Waals surface area contributed by atoms with E-state index in [1.54, 1.807) is 18.3 Å². The third kappa shape index (κ3) is 2.42. The van der Waals surface area contributed by atoms with Gasteiger partial charge in [0.05, 0.1) is 6.07 Å². The van der Waals surface area contributed by atoms with Crippen LogP contribution in [-0.4, -0.2) is 16.8 Å². The number of nitriles is 1. The first-order valence-corrected chi connectivity index (χ1v) is 6.38. The first kappa shape index (κ1) is 11.2. The molecule has 0 spiro atoms. The monoisotopic (exact) mass is 234 g/mol. The van der Waals surface area contributed by atoms with Gasteiger partial charge in [0.2, 0.25) is 5.91 Å². The lowest BCUT2D eigenvalue weighted by atomic mass is 10.1. The van der Waals surface area contributed by atoms with Crippen LogP contribution in [-0.2, 0) is 11.3 Å². The van der Waals surface area contributed by atoms with Crippen LogP contribution in [0.3, 0.4) is 0 Å². The van der Waals surface area contributed by atoms with E-state index in [1.165, 1.54) is 0 Å². The quantitative estimate of drug-likeness (QED) is 0.803. The van der Waals surface area contributed by atoms with E-state index < -0.39 is 5.92 Å². The summed E-state index contributed by atoms with van der Waals surface area (Å²) >= 11 is 1.64. The fourth-order valence-corrected chi connectivity index (χ4v) is 2.32. The Balaban J connectivity index is 2.06. The standard InChI is InChI=1S/C12H14N2OS/c1-9(6-13)12(15)14(11-2-3-11)7-10-4-5-16-8-10/h4-5,8-9,11H,2-3,7H2,1H3. The number of amides is 1. The summed E-state index contributed by atoms with van der Waals surface area (Å²) in [5.41, 5.74) is 1.16. The van der Waals surface area contributed by atoms with E-state index in [2.05, 4.69) is 5.38 Å². The molecule has 0 aromatic carbocycles. The number of carbonyl (C=O) groups excluding carboxylic acids is 1. The number of hydrogen-bond donors (Lipinski definition) is 0. The summed E-state index contributed by atoms with van der Waals surface area (Å²) in [4.78, 5) is 13.8.